The van der Waals surface area contributed by atoms with Crippen LogP contribution in [0.4, 0.5) is 5.69 Å². The molecule has 0 spiro atoms. The molecule has 0 aliphatic rings. The maximum Gasteiger partial charge on any atom is 0.337 e. The van der Waals surface area contributed by atoms with Crippen molar-refractivity contribution in [3.05, 3.63) is 130 Å². The molecule has 5 rings (SSSR count). The van der Waals surface area contributed by atoms with Gasteiger partial charge < -0.3 is 9.30 Å². The van der Waals surface area contributed by atoms with Crippen molar-refractivity contribution in [1.29, 1.82) is 0 Å². The number of benzene rings is 4. The summed E-state index contributed by atoms with van der Waals surface area (Å²) in [7, 11) is -2.01. The van der Waals surface area contributed by atoms with E-state index in [2.05, 4.69) is 4.72 Å². The third kappa shape index (κ3) is 7.73. The Bertz CT molecular complexity index is 1920. The fraction of sp³-hybridized carbons (Fsp3) is 0.0909. The second-order valence-electron chi connectivity index (χ2n) is 9.84. The van der Waals surface area contributed by atoms with Crippen molar-refractivity contribution >= 4 is 57.0 Å². The van der Waals surface area contributed by atoms with E-state index in [0.29, 0.717) is 39.4 Å². The number of hydrogen-bond acceptors (Lipinski definition) is 5. The number of sulfonamides is 1. The van der Waals surface area contributed by atoms with Crippen LogP contribution in [0.2, 0.25) is 10.0 Å². The molecule has 218 valence electrons. The van der Waals surface area contributed by atoms with Gasteiger partial charge in [-0.3, -0.25) is 4.72 Å². The number of hydrogen-bond donors (Lipinski definition) is 1. The number of carbonyl (C=O) groups is 1. The van der Waals surface area contributed by atoms with Crippen LogP contribution in [0.3, 0.4) is 0 Å². The Morgan fingerprint density at radius 3 is 2.35 bits per heavy atom. The second-order valence-corrected chi connectivity index (χ2v) is 12.4. The number of halogens is 2. The van der Waals surface area contributed by atoms with E-state index < -0.39 is 10.0 Å². The number of esters is 1. The molecule has 10 heteroatoms. The fourth-order valence-electron chi connectivity index (χ4n) is 4.51. The average molecular weight is 633 g/mol. The lowest BCUT2D eigenvalue weighted by atomic mass is 10.0. The lowest BCUT2D eigenvalue weighted by Gasteiger charge is -2.08. The molecule has 0 bridgehead atoms. The van der Waals surface area contributed by atoms with Crippen LogP contribution < -0.4 is 4.72 Å². The normalized spacial score (nSPS) is 11.5. The van der Waals surface area contributed by atoms with Gasteiger partial charge in [-0.1, -0.05) is 77.8 Å². The highest BCUT2D eigenvalue weighted by molar-refractivity contribution is 7.92. The molecule has 1 aromatic heterocycles. The third-order valence-corrected chi connectivity index (χ3v) is 7.73. The van der Waals surface area contributed by atoms with E-state index in [1.165, 1.54) is 7.11 Å². The minimum atomic E-state index is -3.37. The van der Waals surface area contributed by atoms with Crippen LogP contribution in [0.15, 0.2) is 97.2 Å². The van der Waals surface area contributed by atoms with E-state index in [4.69, 9.17) is 32.9 Å². The Morgan fingerprint density at radius 1 is 0.930 bits per heavy atom. The first-order chi connectivity index (χ1) is 20.6. The Kier molecular flexibility index (Phi) is 9.01. The van der Waals surface area contributed by atoms with Crippen LogP contribution in [0, 0.1) is 0 Å². The lowest BCUT2D eigenvalue weighted by Crippen LogP contribution is -2.09. The van der Waals surface area contributed by atoms with Crippen LogP contribution in [0.25, 0.3) is 34.5 Å². The molecular formula is C33H27Cl2N3O4S. The van der Waals surface area contributed by atoms with Gasteiger partial charge in [-0.15, -0.1) is 0 Å². The number of ether oxygens (including phenoxy) is 1. The summed E-state index contributed by atoms with van der Waals surface area (Å²) in [5.74, 6) is 0.323. The highest BCUT2D eigenvalue weighted by Crippen LogP contribution is 2.31. The summed E-state index contributed by atoms with van der Waals surface area (Å²) in [5, 5.41) is 1.04. The van der Waals surface area contributed by atoms with Gasteiger partial charge in [0.1, 0.15) is 5.82 Å². The smallest absolute Gasteiger partial charge is 0.337 e. The van der Waals surface area contributed by atoms with Crippen molar-refractivity contribution < 1.29 is 17.9 Å². The molecule has 0 aliphatic carbocycles. The maximum atomic E-state index is 11.8. The highest BCUT2D eigenvalue weighted by Gasteiger charge is 2.13. The zero-order valence-corrected chi connectivity index (χ0v) is 25.6. The van der Waals surface area contributed by atoms with Crippen LogP contribution in [-0.2, 0) is 21.3 Å². The number of rotatable bonds is 9. The molecule has 0 unspecified atom stereocenters. The summed E-state index contributed by atoms with van der Waals surface area (Å²) in [6.07, 6.45) is 6.96. The van der Waals surface area contributed by atoms with Crippen LogP contribution in [0.5, 0.6) is 0 Å². The summed E-state index contributed by atoms with van der Waals surface area (Å²) in [6, 6.07) is 27.7. The zero-order chi connectivity index (χ0) is 30.6. The summed E-state index contributed by atoms with van der Waals surface area (Å²) in [6.45, 7) is 0.510. The van der Waals surface area contributed by atoms with E-state index in [-0.39, 0.29) is 5.97 Å². The molecule has 43 heavy (non-hydrogen) atoms. The third-order valence-electron chi connectivity index (χ3n) is 6.58. The Morgan fingerprint density at radius 2 is 1.67 bits per heavy atom. The maximum absolute atomic E-state index is 11.8. The monoisotopic (exact) mass is 631 g/mol. The molecule has 0 fully saturated rings. The average Bonchev–Trinajstić information content (AvgIpc) is 3.37. The second kappa shape index (κ2) is 12.9. The molecule has 4 aromatic carbocycles. The van der Waals surface area contributed by atoms with Crippen LogP contribution in [0.1, 0.15) is 27.3 Å². The van der Waals surface area contributed by atoms with Crippen molar-refractivity contribution in [3.8, 4) is 22.4 Å². The van der Waals surface area contributed by atoms with Crippen molar-refractivity contribution in [3.63, 3.8) is 0 Å². The number of nitrogens with zero attached hydrogens (tertiary/aromatic N) is 2. The first-order valence-corrected chi connectivity index (χ1v) is 15.8. The predicted molar refractivity (Wildman–Crippen MR) is 174 cm³/mol. The SMILES string of the molecule is COC(=O)c1ccc(Cn2cc(-c3ccc(Cl)cc3Cl)nc2C=Cc2ccc(-c3cccc(NS(C)(=O)=O)c3)cc2)cc1. The number of carbonyl (C=O) groups excluding carboxylic acids is 1. The van der Waals surface area contributed by atoms with Crippen molar-refractivity contribution in [2.45, 2.75) is 6.54 Å². The molecule has 1 N–H and O–H groups in total. The molecular weight excluding hydrogens is 605 g/mol. The Labute approximate surface area is 260 Å². The molecule has 0 aliphatic heterocycles. The minimum absolute atomic E-state index is 0.387. The van der Waals surface area contributed by atoms with Gasteiger partial charge in [0.05, 0.1) is 29.6 Å². The predicted octanol–water partition coefficient (Wildman–Crippen LogP) is 7.90. The summed E-state index contributed by atoms with van der Waals surface area (Å²) < 4.78 is 32.6. The standard InChI is InChI=1S/C33H27Cl2N3O4S/c1-42-33(39)25-13-8-23(9-14-25)20-38-21-31(29-16-15-27(34)19-30(29)35)36-32(38)17-10-22-6-11-24(12-7-22)26-4-3-5-28(18-26)37-43(2,40)41/h3-19,21,37H,20H2,1-2H3. The summed E-state index contributed by atoms with van der Waals surface area (Å²) in [5.41, 5.74) is 6.22. The Hall–Kier alpha value is -4.37. The summed E-state index contributed by atoms with van der Waals surface area (Å²) >= 11 is 12.6. The van der Waals surface area contributed by atoms with Crippen LogP contribution in [-0.4, -0.2) is 37.3 Å². The van der Waals surface area contributed by atoms with E-state index in [0.717, 1.165) is 34.1 Å². The van der Waals surface area contributed by atoms with E-state index in [1.54, 1.807) is 36.4 Å². The largest absolute Gasteiger partial charge is 0.465 e. The summed E-state index contributed by atoms with van der Waals surface area (Å²) in [4.78, 5) is 16.7. The lowest BCUT2D eigenvalue weighted by molar-refractivity contribution is 0.0600. The van der Waals surface area contributed by atoms with E-state index in [9.17, 15) is 13.2 Å². The quantitative estimate of drug-likeness (QED) is 0.167. The van der Waals surface area contributed by atoms with Crippen molar-refractivity contribution in [2.75, 3.05) is 18.1 Å². The topological polar surface area (TPSA) is 90.3 Å². The molecule has 7 nitrogen and oxygen atoms in total. The zero-order valence-electron chi connectivity index (χ0n) is 23.3. The first kappa shape index (κ1) is 30.1. The number of imidazole rings is 1. The van der Waals surface area contributed by atoms with E-state index in [1.807, 2.05) is 77.5 Å². The van der Waals surface area contributed by atoms with Gasteiger partial charge in [-0.05, 0) is 70.8 Å². The molecule has 1 heterocycles. The fourth-order valence-corrected chi connectivity index (χ4v) is 5.57. The molecule has 0 radical (unpaired) electrons. The minimum Gasteiger partial charge on any atom is -0.465 e. The number of methoxy groups -OCH3 is 1. The van der Waals surface area contributed by atoms with Crippen molar-refractivity contribution in [1.82, 2.24) is 9.55 Å². The number of aromatic nitrogens is 2. The van der Waals surface area contributed by atoms with Gasteiger partial charge in [0, 0.05) is 29.0 Å². The van der Waals surface area contributed by atoms with Crippen LogP contribution >= 0.6 is 23.2 Å². The van der Waals surface area contributed by atoms with Gasteiger partial charge >= 0.3 is 5.97 Å². The first-order valence-electron chi connectivity index (χ1n) is 13.1. The Balaban J connectivity index is 1.42. The van der Waals surface area contributed by atoms with E-state index >= 15 is 0 Å². The van der Waals surface area contributed by atoms with Crippen molar-refractivity contribution in [2.24, 2.45) is 0 Å². The van der Waals surface area contributed by atoms with Gasteiger partial charge in [-0.2, -0.15) is 0 Å². The highest BCUT2D eigenvalue weighted by atomic mass is 35.5. The number of anilines is 1. The van der Waals surface area contributed by atoms with Gasteiger partial charge in [0.15, 0.2) is 0 Å². The molecule has 0 amide bonds. The van der Waals surface area contributed by atoms with Gasteiger partial charge in [0.25, 0.3) is 0 Å². The van der Waals surface area contributed by atoms with Gasteiger partial charge in [-0.25, -0.2) is 18.2 Å². The van der Waals surface area contributed by atoms with Gasteiger partial charge in [0.2, 0.25) is 10.0 Å². The molecule has 0 saturated carbocycles. The molecule has 5 aromatic rings. The molecule has 0 atom stereocenters. The molecule has 0 saturated heterocycles. The number of nitrogens with one attached hydrogen (secondary N) is 1.